The number of nitrogens with zero attached hydrogens (tertiary/aromatic N) is 3. The van der Waals surface area contributed by atoms with Gasteiger partial charge in [-0.2, -0.15) is 13.2 Å². The Morgan fingerprint density at radius 1 is 1.24 bits per heavy atom. The van der Waals surface area contributed by atoms with E-state index in [0.717, 1.165) is 16.5 Å². The SMILES string of the molecule is CC[C@@H](Nc1no[n+]([O-])c1Nc1ccc(C(F)(F)F)c(C(=O)N(C)C)c1O)c1ccccc1. The van der Waals surface area contributed by atoms with E-state index in [4.69, 9.17) is 0 Å². The summed E-state index contributed by atoms with van der Waals surface area (Å²) in [5.74, 6) is -2.36. The van der Waals surface area contributed by atoms with Crippen molar-refractivity contribution in [2.24, 2.45) is 0 Å². The quantitative estimate of drug-likeness (QED) is 0.356. The maximum atomic E-state index is 13.4. The molecule has 3 aromatic rings. The Balaban J connectivity index is 2.00. The number of phenolic OH excluding ortho intramolecular Hbond substituents is 1. The molecule has 0 aliphatic rings. The number of carbonyl (C=O) groups excluding carboxylic acids is 1. The van der Waals surface area contributed by atoms with Crippen molar-refractivity contribution in [2.45, 2.75) is 25.6 Å². The fourth-order valence-corrected chi connectivity index (χ4v) is 3.22. The number of aromatic nitrogens is 2. The predicted octanol–water partition coefficient (Wildman–Crippen LogP) is 4.04. The molecular formula is C21H22F3N5O4. The molecule has 0 aliphatic carbocycles. The Morgan fingerprint density at radius 2 is 1.91 bits per heavy atom. The second kappa shape index (κ2) is 9.27. The summed E-state index contributed by atoms with van der Waals surface area (Å²) in [7, 11) is 2.51. The summed E-state index contributed by atoms with van der Waals surface area (Å²) in [5.41, 5.74) is -1.66. The molecule has 33 heavy (non-hydrogen) atoms. The minimum atomic E-state index is -4.89. The average molecular weight is 465 g/mol. The van der Waals surface area contributed by atoms with Gasteiger partial charge in [0, 0.05) is 14.1 Å². The molecule has 3 rings (SSSR count). The number of hydrogen-bond donors (Lipinski definition) is 3. The van der Waals surface area contributed by atoms with Gasteiger partial charge >= 0.3 is 12.0 Å². The lowest BCUT2D eigenvalue weighted by Gasteiger charge is -2.19. The van der Waals surface area contributed by atoms with Crippen LogP contribution in [0.1, 0.15) is 40.9 Å². The fraction of sp³-hybridized carbons (Fsp3) is 0.286. The second-order valence-corrected chi connectivity index (χ2v) is 7.35. The number of phenols is 1. The summed E-state index contributed by atoms with van der Waals surface area (Å²) < 4.78 is 45.0. The molecule has 3 N–H and O–H groups in total. The third kappa shape index (κ3) is 4.94. The highest BCUT2D eigenvalue weighted by molar-refractivity contribution is 6.00. The molecular weight excluding hydrogens is 443 g/mol. The molecule has 12 heteroatoms. The van der Waals surface area contributed by atoms with Gasteiger partial charge in [-0.3, -0.25) is 10.1 Å². The van der Waals surface area contributed by atoms with E-state index in [0.29, 0.717) is 12.5 Å². The van der Waals surface area contributed by atoms with E-state index < -0.39 is 29.0 Å². The Kier molecular flexibility index (Phi) is 6.65. The molecule has 1 atom stereocenters. The van der Waals surface area contributed by atoms with Gasteiger partial charge in [0.25, 0.3) is 11.7 Å². The van der Waals surface area contributed by atoms with Crippen molar-refractivity contribution in [3.05, 3.63) is 64.4 Å². The van der Waals surface area contributed by atoms with E-state index in [1.54, 1.807) is 0 Å². The average Bonchev–Trinajstić information content (AvgIpc) is 3.11. The van der Waals surface area contributed by atoms with Crippen molar-refractivity contribution in [3.8, 4) is 5.75 Å². The van der Waals surface area contributed by atoms with Gasteiger partial charge in [-0.15, -0.1) is 0 Å². The third-order valence-electron chi connectivity index (χ3n) is 4.89. The molecule has 1 heterocycles. The number of amides is 1. The van der Waals surface area contributed by atoms with Crippen molar-refractivity contribution < 1.29 is 32.6 Å². The van der Waals surface area contributed by atoms with Gasteiger partial charge in [0.15, 0.2) is 5.75 Å². The molecule has 0 fully saturated rings. The third-order valence-corrected chi connectivity index (χ3v) is 4.89. The summed E-state index contributed by atoms with van der Waals surface area (Å²) in [6, 6.07) is 10.6. The van der Waals surface area contributed by atoms with Crippen LogP contribution in [0.15, 0.2) is 47.1 Å². The monoisotopic (exact) mass is 465 g/mol. The van der Waals surface area contributed by atoms with Crippen LogP contribution in [0.4, 0.5) is 30.5 Å². The maximum Gasteiger partial charge on any atom is 0.417 e. The zero-order chi connectivity index (χ0) is 24.3. The van der Waals surface area contributed by atoms with E-state index in [2.05, 4.69) is 20.4 Å². The molecule has 9 nitrogen and oxygen atoms in total. The number of halogens is 3. The second-order valence-electron chi connectivity index (χ2n) is 7.35. The Bertz CT molecular complexity index is 1130. The first-order valence-electron chi connectivity index (χ1n) is 9.87. The molecule has 0 radical (unpaired) electrons. The van der Waals surface area contributed by atoms with Crippen molar-refractivity contribution >= 4 is 23.2 Å². The summed E-state index contributed by atoms with van der Waals surface area (Å²) in [6.45, 7) is 1.91. The number of rotatable bonds is 7. The molecule has 0 unspecified atom stereocenters. The number of benzene rings is 2. The van der Waals surface area contributed by atoms with Crippen LogP contribution >= 0.6 is 0 Å². The van der Waals surface area contributed by atoms with Gasteiger partial charge in [-0.1, -0.05) is 42.2 Å². The van der Waals surface area contributed by atoms with Crippen LogP contribution in [-0.2, 0) is 6.18 Å². The van der Waals surface area contributed by atoms with Gasteiger partial charge in [-0.05, 0) is 29.3 Å². The topological polar surface area (TPSA) is 118 Å². The first-order chi connectivity index (χ1) is 15.5. The number of aromatic hydroxyl groups is 1. The highest BCUT2D eigenvalue weighted by Crippen LogP contribution is 2.41. The van der Waals surface area contributed by atoms with Crippen LogP contribution in [0.5, 0.6) is 5.75 Å². The van der Waals surface area contributed by atoms with Gasteiger partial charge in [0.2, 0.25) is 0 Å². The molecule has 0 saturated carbocycles. The van der Waals surface area contributed by atoms with Crippen molar-refractivity contribution in [1.82, 2.24) is 10.1 Å². The smallest absolute Gasteiger partial charge is 0.417 e. The first kappa shape index (κ1) is 23.7. The van der Waals surface area contributed by atoms with Gasteiger partial charge in [0.05, 0.1) is 17.2 Å². The predicted molar refractivity (Wildman–Crippen MR) is 113 cm³/mol. The van der Waals surface area contributed by atoms with Crippen molar-refractivity contribution in [3.63, 3.8) is 0 Å². The highest BCUT2D eigenvalue weighted by atomic mass is 19.4. The molecule has 0 aliphatic heterocycles. The van der Waals surface area contributed by atoms with E-state index >= 15 is 0 Å². The lowest BCUT2D eigenvalue weighted by molar-refractivity contribution is -0.790. The number of hydrogen-bond acceptors (Lipinski definition) is 7. The lowest BCUT2D eigenvalue weighted by Crippen LogP contribution is -2.28. The van der Waals surface area contributed by atoms with Gasteiger partial charge in [-0.25, -0.2) is 0 Å². The molecule has 2 aromatic carbocycles. The number of anilines is 3. The molecule has 0 bridgehead atoms. The van der Waals surface area contributed by atoms with Crippen LogP contribution in [0.25, 0.3) is 0 Å². The Labute approximate surface area is 187 Å². The minimum Gasteiger partial charge on any atom is -0.504 e. The highest BCUT2D eigenvalue weighted by Gasteiger charge is 2.38. The van der Waals surface area contributed by atoms with Crippen molar-refractivity contribution in [1.29, 1.82) is 0 Å². The van der Waals surface area contributed by atoms with Crippen LogP contribution in [0.2, 0.25) is 0 Å². The van der Waals surface area contributed by atoms with E-state index in [1.807, 2.05) is 37.3 Å². The summed E-state index contributed by atoms with van der Waals surface area (Å²) >= 11 is 0. The Morgan fingerprint density at radius 3 is 2.48 bits per heavy atom. The minimum absolute atomic E-state index is 0.00456. The summed E-state index contributed by atoms with van der Waals surface area (Å²) in [4.78, 5) is 13.3. The molecule has 0 spiro atoms. The normalized spacial score (nSPS) is 12.3. The van der Waals surface area contributed by atoms with Crippen LogP contribution in [0, 0.1) is 5.21 Å². The fourth-order valence-electron chi connectivity index (χ4n) is 3.22. The van der Waals surface area contributed by atoms with E-state index in [1.165, 1.54) is 14.1 Å². The molecule has 1 aromatic heterocycles. The number of nitrogens with one attached hydrogen (secondary N) is 2. The molecule has 0 saturated heterocycles. The van der Waals surface area contributed by atoms with Gasteiger partial charge < -0.3 is 25.2 Å². The Hall–Kier alpha value is -3.96. The zero-order valence-corrected chi connectivity index (χ0v) is 18.0. The first-order valence-corrected chi connectivity index (χ1v) is 9.87. The van der Waals surface area contributed by atoms with Crippen LogP contribution in [0.3, 0.4) is 0 Å². The standard InChI is InChI=1S/C21H22F3N5O4/c1-4-14(12-8-6-5-7-9-12)25-18-19(29(32)33-27-18)26-15-11-10-13(21(22,23)24)16(17(15)30)20(31)28(2)3/h5-11,14,26,30H,4H2,1-3H3,(H,25,27)/t14-/m1/s1. The maximum absolute atomic E-state index is 13.4. The van der Waals surface area contributed by atoms with Crippen molar-refractivity contribution in [2.75, 3.05) is 24.7 Å². The molecule has 176 valence electrons. The van der Waals surface area contributed by atoms with Crippen LogP contribution < -0.4 is 15.5 Å². The lowest BCUT2D eigenvalue weighted by atomic mass is 10.0. The molecule has 1 amide bonds. The van der Waals surface area contributed by atoms with Crippen LogP contribution in [-0.4, -0.2) is 35.2 Å². The van der Waals surface area contributed by atoms with E-state index in [9.17, 15) is 28.3 Å². The number of alkyl halides is 3. The van der Waals surface area contributed by atoms with E-state index in [-0.39, 0.29) is 28.3 Å². The number of carbonyl (C=O) groups is 1. The zero-order valence-electron chi connectivity index (χ0n) is 18.0. The summed E-state index contributed by atoms with van der Waals surface area (Å²) in [5, 5.41) is 31.9. The summed E-state index contributed by atoms with van der Waals surface area (Å²) in [6.07, 6.45) is -4.27. The largest absolute Gasteiger partial charge is 0.504 e. The van der Waals surface area contributed by atoms with Gasteiger partial charge in [0.1, 0.15) is 5.69 Å².